The molecule has 1 amide bonds. The smallest absolute Gasteiger partial charge is 0.239 e. The number of fused-ring (bicyclic) bond motifs is 1. The zero-order valence-electron chi connectivity index (χ0n) is 14.5. The lowest BCUT2D eigenvalue weighted by molar-refractivity contribution is -0.132. The Morgan fingerprint density at radius 3 is 2.74 bits per heavy atom. The first kappa shape index (κ1) is 17.0. The van der Waals surface area contributed by atoms with E-state index in [0.29, 0.717) is 5.92 Å². The highest BCUT2D eigenvalue weighted by Gasteiger charge is 2.72. The fraction of sp³-hybridized carbons (Fsp3) is 0.833. The van der Waals surface area contributed by atoms with Gasteiger partial charge in [0.25, 0.3) is 0 Å². The summed E-state index contributed by atoms with van der Waals surface area (Å²) in [6.45, 7) is 9.98. The van der Waals surface area contributed by atoms with Crippen molar-refractivity contribution >= 4 is 15.9 Å². The first-order chi connectivity index (χ1) is 10.7. The lowest BCUT2D eigenvalue weighted by Gasteiger charge is -2.37. The lowest BCUT2D eigenvalue weighted by Crippen LogP contribution is -2.45. The summed E-state index contributed by atoms with van der Waals surface area (Å²) in [5.41, 5.74) is -0.196. The molecule has 2 bridgehead atoms. The monoisotopic (exact) mass is 339 g/mol. The summed E-state index contributed by atoms with van der Waals surface area (Å²) in [4.78, 5) is 12.9. The molecule has 3 fully saturated rings. The van der Waals surface area contributed by atoms with E-state index in [-0.39, 0.29) is 34.4 Å². The average Bonchev–Trinajstić information content (AvgIpc) is 2.93. The van der Waals surface area contributed by atoms with Crippen molar-refractivity contribution < 1.29 is 13.2 Å². The Morgan fingerprint density at radius 2 is 2.13 bits per heavy atom. The van der Waals surface area contributed by atoms with Gasteiger partial charge in [0.1, 0.15) is 0 Å². The van der Waals surface area contributed by atoms with Crippen LogP contribution in [0.3, 0.4) is 0 Å². The van der Waals surface area contributed by atoms with E-state index in [1.54, 1.807) is 0 Å². The van der Waals surface area contributed by atoms with Gasteiger partial charge in [-0.25, -0.2) is 12.7 Å². The summed E-state index contributed by atoms with van der Waals surface area (Å²) in [7, 11) is -3.47. The van der Waals surface area contributed by atoms with Crippen molar-refractivity contribution in [2.45, 2.75) is 65.3 Å². The Kier molecular flexibility index (Phi) is 3.94. The van der Waals surface area contributed by atoms with Crippen molar-refractivity contribution in [2.24, 2.45) is 22.7 Å². The molecule has 1 saturated heterocycles. The number of allylic oxidation sites excluding steroid dienone is 1. The Morgan fingerprint density at radius 1 is 1.43 bits per heavy atom. The number of carbonyl (C=O) groups excluding carboxylic acids is 1. The predicted molar refractivity (Wildman–Crippen MR) is 91.2 cm³/mol. The third-order valence-electron chi connectivity index (χ3n) is 7.10. The molecule has 0 aromatic rings. The number of nitrogens with zero attached hydrogens (tertiary/aromatic N) is 1. The van der Waals surface area contributed by atoms with Crippen molar-refractivity contribution in [3.8, 4) is 0 Å². The largest absolute Gasteiger partial charge is 0.273 e. The molecule has 0 radical (unpaired) electrons. The fourth-order valence-electron chi connectivity index (χ4n) is 5.49. The molecule has 1 heterocycles. The van der Waals surface area contributed by atoms with Crippen LogP contribution in [-0.2, 0) is 14.8 Å². The Hall–Kier alpha value is -0.840. The molecule has 5 heteroatoms. The van der Waals surface area contributed by atoms with E-state index in [1.807, 2.05) is 13.0 Å². The SMILES string of the molecule is C=CCCC[C@H](C)C(=O)N1[C@H]2C[C@@H]3CC[C@@]2(CS1(=O)=O)C3(C)C. The normalized spacial score (nSPS) is 37.6. The van der Waals surface area contributed by atoms with Gasteiger partial charge in [0.05, 0.1) is 11.8 Å². The average molecular weight is 340 g/mol. The van der Waals surface area contributed by atoms with Gasteiger partial charge < -0.3 is 0 Å². The topological polar surface area (TPSA) is 54.5 Å². The molecule has 3 aliphatic rings. The molecule has 3 rings (SSSR count). The van der Waals surface area contributed by atoms with Gasteiger partial charge in [0, 0.05) is 11.3 Å². The van der Waals surface area contributed by atoms with Crippen LogP contribution in [0.4, 0.5) is 0 Å². The quantitative estimate of drug-likeness (QED) is 0.570. The van der Waals surface area contributed by atoms with Gasteiger partial charge in [-0.3, -0.25) is 4.79 Å². The van der Waals surface area contributed by atoms with E-state index in [9.17, 15) is 13.2 Å². The Bertz CT molecular complexity index is 624. The van der Waals surface area contributed by atoms with E-state index in [0.717, 1.165) is 38.5 Å². The van der Waals surface area contributed by atoms with Crippen LogP contribution >= 0.6 is 0 Å². The minimum Gasteiger partial charge on any atom is -0.273 e. The number of rotatable bonds is 5. The van der Waals surface area contributed by atoms with Gasteiger partial charge in [-0.1, -0.05) is 26.8 Å². The zero-order valence-corrected chi connectivity index (χ0v) is 15.4. The molecular weight excluding hydrogens is 310 g/mol. The number of carbonyl (C=O) groups is 1. The number of hydrogen-bond acceptors (Lipinski definition) is 3. The summed E-state index contributed by atoms with van der Waals surface area (Å²) in [6.07, 6.45) is 7.23. The van der Waals surface area contributed by atoms with E-state index in [4.69, 9.17) is 0 Å². The molecule has 130 valence electrons. The van der Waals surface area contributed by atoms with Crippen LogP contribution in [0.1, 0.15) is 59.3 Å². The van der Waals surface area contributed by atoms with Crippen LogP contribution in [-0.4, -0.2) is 30.4 Å². The lowest BCUT2D eigenvalue weighted by atomic mass is 9.69. The molecule has 0 unspecified atom stereocenters. The Balaban J connectivity index is 1.86. The maximum atomic E-state index is 12.9. The van der Waals surface area contributed by atoms with Gasteiger partial charge in [0.15, 0.2) is 0 Å². The minimum atomic E-state index is -3.47. The molecule has 4 atom stereocenters. The third-order valence-corrected chi connectivity index (χ3v) is 9.01. The summed E-state index contributed by atoms with van der Waals surface area (Å²) in [6, 6.07) is -0.101. The number of hydrogen-bond donors (Lipinski definition) is 0. The molecule has 4 nitrogen and oxygen atoms in total. The minimum absolute atomic E-state index is 0.0197. The van der Waals surface area contributed by atoms with Crippen molar-refractivity contribution in [3.63, 3.8) is 0 Å². The van der Waals surface area contributed by atoms with Crippen molar-refractivity contribution in [1.29, 1.82) is 0 Å². The van der Waals surface area contributed by atoms with Gasteiger partial charge in [-0.2, -0.15) is 0 Å². The number of amides is 1. The summed E-state index contributed by atoms with van der Waals surface area (Å²) in [5.74, 6) is 0.301. The van der Waals surface area contributed by atoms with E-state index >= 15 is 0 Å². The third kappa shape index (κ3) is 2.22. The van der Waals surface area contributed by atoms with Gasteiger partial charge >= 0.3 is 0 Å². The highest BCUT2D eigenvalue weighted by molar-refractivity contribution is 7.90. The molecule has 1 spiro atoms. The maximum Gasteiger partial charge on any atom is 0.239 e. The van der Waals surface area contributed by atoms with Gasteiger partial charge in [0.2, 0.25) is 15.9 Å². The molecule has 2 aliphatic carbocycles. The summed E-state index contributed by atoms with van der Waals surface area (Å²) < 4.78 is 26.9. The summed E-state index contributed by atoms with van der Waals surface area (Å²) in [5, 5.41) is 0. The van der Waals surface area contributed by atoms with Crippen molar-refractivity contribution in [2.75, 3.05) is 5.75 Å². The van der Waals surface area contributed by atoms with E-state index < -0.39 is 10.0 Å². The molecule has 0 N–H and O–H groups in total. The number of sulfonamides is 1. The Labute approximate surface area is 140 Å². The first-order valence-electron chi connectivity index (χ1n) is 8.84. The molecule has 0 aromatic carbocycles. The van der Waals surface area contributed by atoms with Crippen LogP contribution in [0.2, 0.25) is 0 Å². The standard InChI is InChI=1S/C18H29NO3S/c1-5-6-7-8-13(2)16(20)19-15-11-14-9-10-18(15,17(14,3)4)12-23(19,21)22/h5,13-15H,1,6-12H2,2-4H3/t13-,14-,15-,18-/m0/s1. The first-order valence-corrected chi connectivity index (χ1v) is 10.4. The second kappa shape index (κ2) is 5.33. The van der Waals surface area contributed by atoms with Crippen molar-refractivity contribution in [3.05, 3.63) is 12.7 Å². The summed E-state index contributed by atoms with van der Waals surface area (Å²) >= 11 is 0. The van der Waals surface area contributed by atoms with Crippen LogP contribution in [0.25, 0.3) is 0 Å². The van der Waals surface area contributed by atoms with E-state index in [1.165, 1.54) is 4.31 Å². The molecule has 0 aromatic heterocycles. The molecule has 23 heavy (non-hydrogen) atoms. The second-order valence-corrected chi connectivity index (χ2v) is 10.2. The van der Waals surface area contributed by atoms with Crippen LogP contribution in [0.5, 0.6) is 0 Å². The molecule has 1 aliphatic heterocycles. The fourth-order valence-corrected chi connectivity index (χ4v) is 8.12. The highest BCUT2D eigenvalue weighted by atomic mass is 32.2. The second-order valence-electron chi connectivity index (χ2n) is 8.38. The van der Waals surface area contributed by atoms with Crippen LogP contribution in [0, 0.1) is 22.7 Å². The van der Waals surface area contributed by atoms with Crippen molar-refractivity contribution in [1.82, 2.24) is 4.31 Å². The molecular formula is C18H29NO3S. The number of unbranched alkanes of at least 4 members (excludes halogenated alkanes) is 1. The van der Waals surface area contributed by atoms with Gasteiger partial charge in [-0.05, 0) is 49.9 Å². The molecule has 2 saturated carbocycles. The maximum absolute atomic E-state index is 12.9. The predicted octanol–water partition coefficient (Wildman–Crippen LogP) is 3.35. The van der Waals surface area contributed by atoms with Crippen LogP contribution < -0.4 is 0 Å². The van der Waals surface area contributed by atoms with Gasteiger partial charge in [-0.15, -0.1) is 6.58 Å². The highest BCUT2D eigenvalue weighted by Crippen LogP contribution is 2.70. The van der Waals surface area contributed by atoms with Crippen LogP contribution in [0.15, 0.2) is 12.7 Å². The van der Waals surface area contributed by atoms with E-state index in [2.05, 4.69) is 20.4 Å². The zero-order chi connectivity index (χ0) is 17.0.